The molecule has 8 heteroatoms. The molecule has 0 atom stereocenters. The van der Waals surface area contributed by atoms with Crippen LogP contribution >= 0.6 is 24.4 Å². The van der Waals surface area contributed by atoms with Crippen molar-refractivity contribution in [3.8, 4) is 5.75 Å². The molecule has 1 aromatic rings. The van der Waals surface area contributed by atoms with Crippen molar-refractivity contribution in [3.05, 3.63) is 29.8 Å². The zero-order valence-electron chi connectivity index (χ0n) is 9.96. The molecule has 0 radical (unpaired) electrons. The number of hydrogen-bond donors (Lipinski definition) is 3. The standard InChI is InChI=1S/C8H10O.2CH3NS2.Zn/c1-2-7-5-3-4-6-8(7)9;2*2-1(3)4;/h3-6,9H,2H2,1H3;2*(H3,2,3,4);/q;;;+2/p-2. The minimum atomic E-state index is 0. The van der Waals surface area contributed by atoms with Gasteiger partial charge in [-0.15, -0.1) is 0 Å². The van der Waals surface area contributed by atoms with Crippen LogP contribution in [0.25, 0.3) is 0 Å². The molecular weight excluding hydrogens is 358 g/mol. The van der Waals surface area contributed by atoms with Crippen LogP contribution in [0.1, 0.15) is 12.5 Å². The van der Waals surface area contributed by atoms with Crippen LogP contribution in [-0.2, 0) is 51.2 Å². The fourth-order valence-electron chi connectivity index (χ4n) is 0.810. The Morgan fingerprint density at radius 1 is 1.17 bits per heavy atom. The van der Waals surface area contributed by atoms with E-state index in [-0.39, 0.29) is 28.1 Å². The molecule has 0 aliphatic rings. The van der Waals surface area contributed by atoms with Gasteiger partial charge in [0, 0.05) is 0 Å². The van der Waals surface area contributed by atoms with Crippen molar-refractivity contribution in [2.24, 2.45) is 11.5 Å². The Balaban J connectivity index is -0.000000214. The largest absolute Gasteiger partial charge is 2.00 e. The van der Waals surface area contributed by atoms with E-state index in [0.717, 1.165) is 12.0 Å². The molecule has 0 spiro atoms. The predicted molar refractivity (Wildman–Crippen MR) is 85.8 cm³/mol. The van der Waals surface area contributed by atoms with E-state index in [9.17, 15) is 0 Å². The molecule has 0 fully saturated rings. The Bertz CT molecular complexity index is 343. The van der Waals surface area contributed by atoms with Crippen LogP contribution in [0, 0.1) is 0 Å². The van der Waals surface area contributed by atoms with Gasteiger partial charge in [0.1, 0.15) is 5.75 Å². The zero-order valence-corrected chi connectivity index (χ0v) is 16.2. The number of nitrogens with two attached hydrogens (primary N) is 2. The third-order valence-corrected chi connectivity index (χ3v) is 1.37. The smallest absolute Gasteiger partial charge is 0.508 e. The van der Waals surface area contributed by atoms with Crippen LogP contribution in [0.2, 0.25) is 0 Å². The summed E-state index contributed by atoms with van der Waals surface area (Å²) in [6, 6.07) is 7.39. The van der Waals surface area contributed by atoms with E-state index in [1.54, 1.807) is 6.07 Å². The number of aromatic hydroxyl groups is 1. The Labute approximate surface area is 142 Å². The molecule has 0 unspecified atom stereocenters. The van der Waals surface area contributed by atoms with Crippen molar-refractivity contribution in [1.82, 2.24) is 0 Å². The van der Waals surface area contributed by atoms with Crippen molar-refractivity contribution in [2.75, 3.05) is 0 Å². The zero-order chi connectivity index (χ0) is 13.8. The molecule has 0 saturated carbocycles. The second-order valence-electron chi connectivity index (χ2n) is 2.62. The van der Waals surface area contributed by atoms with Gasteiger partial charge in [0.05, 0.1) is 0 Å². The molecule has 0 bridgehead atoms. The Kier molecular flexibility index (Phi) is 19.1. The van der Waals surface area contributed by atoms with E-state index in [2.05, 4.69) is 61.2 Å². The van der Waals surface area contributed by atoms with E-state index >= 15 is 0 Å². The maximum Gasteiger partial charge on any atom is 2.00 e. The first-order valence-corrected chi connectivity index (χ1v) is 6.14. The third kappa shape index (κ3) is 21.2. The minimum absolute atomic E-state index is 0. The molecule has 1 rings (SSSR count). The maximum atomic E-state index is 9.11. The average molecular weight is 372 g/mol. The van der Waals surface area contributed by atoms with Crippen LogP contribution in [-0.4, -0.2) is 13.7 Å². The Morgan fingerprint density at radius 2 is 1.50 bits per heavy atom. The number of para-hydroxylation sites is 1. The molecule has 5 N–H and O–H groups in total. The number of hydrogen-bond acceptors (Lipinski definition) is 5. The van der Waals surface area contributed by atoms with Gasteiger partial charge in [0.2, 0.25) is 0 Å². The van der Waals surface area contributed by atoms with Gasteiger partial charge in [-0.25, -0.2) is 0 Å². The molecule has 18 heavy (non-hydrogen) atoms. The van der Waals surface area contributed by atoms with Crippen molar-refractivity contribution >= 4 is 58.3 Å². The summed E-state index contributed by atoms with van der Waals surface area (Å²) in [6.45, 7) is 2.02. The number of rotatable bonds is 1. The number of phenols is 1. The fraction of sp³-hybridized carbons (Fsp3) is 0.200. The summed E-state index contributed by atoms with van der Waals surface area (Å²) < 4.78 is 0.167. The molecule has 0 aromatic heterocycles. The number of benzene rings is 1. The topological polar surface area (TPSA) is 72.3 Å². The van der Waals surface area contributed by atoms with Crippen molar-refractivity contribution < 1.29 is 24.6 Å². The van der Waals surface area contributed by atoms with E-state index in [1.807, 2.05) is 25.1 Å². The van der Waals surface area contributed by atoms with Crippen LogP contribution in [0.4, 0.5) is 0 Å². The van der Waals surface area contributed by atoms with Crippen molar-refractivity contribution in [1.29, 1.82) is 0 Å². The summed E-state index contributed by atoms with van der Waals surface area (Å²) >= 11 is 16.5. The van der Waals surface area contributed by atoms with Gasteiger partial charge in [-0.05, 0) is 18.1 Å². The molecule has 0 amide bonds. The monoisotopic (exact) mass is 370 g/mol. The molecule has 0 saturated heterocycles. The quantitative estimate of drug-likeness (QED) is 0.392. The third-order valence-electron chi connectivity index (χ3n) is 1.37. The van der Waals surface area contributed by atoms with Gasteiger partial charge in [-0.3, -0.25) is 0 Å². The predicted octanol–water partition coefficient (Wildman–Crippen LogP) is 1.51. The van der Waals surface area contributed by atoms with Crippen LogP contribution in [0.3, 0.4) is 0 Å². The molecular formula is C10H14N2OS4Zn. The van der Waals surface area contributed by atoms with Gasteiger partial charge in [-0.1, -0.05) is 33.8 Å². The van der Waals surface area contributed by atoms with Crippen LogP contribution < -0.4 is 11.5 Å². The van der Waals surface area contributed by atoms with E-state index in [0.29, 0.717) is 5.75 Å². The summed E-state index contributed by atoms with van der Waals surface area (Å²) in [5, 5.41) is 9.11. The van der Waals surface area contributed by atoms with Crippen LogP contribution in [0.5, 0.6) is 5.75 Å². The summed E-state index contributed by atoms with van der Waals surface area (Å²) in [5.41, 5.74) is 10.3. The van der Waals surface area contributed by atoms with E-state index < -0.39 is 0 Å². The molecule has 3 nitrogen and oxygen atoms in total. The first-order chi connectivity index (χ1) is 7.81. The van der Waals surface area contributed by atoms with E-state index in [1.165, 1.54) is 0 Å². The number of thiocarbonyl (C=S) groups is 2. The molecule has 0 heterocycles. The SMILES string of the molecule is CCc1ccccc1O.NC(=S)[S-].NC(=S)[S-].[Zn+2]. The summed E-state index contributed by atoms with van der Waals surface area (Å²) in [5.74, 6) is 0.403. The number of aryl methyl sites for hydroxylation is 1. The first-order valence-electron chi connectivity index (χ1n) is 4.51. The summed E-state index contributed by atoms with van der Waals surface area (Å²) in [7, 11) is 0. The Hall–Kier alpha value is -0.137. The van der Waals surface area contributed by atoms with Gasteiger partial charge in [0.25, 0.3) is 0 Å². The molecule has 96 valence electrons. The van der Waals surface area contributed by atoms with Crippen LogP contribution in [0.15, 0.2) is 24.3 Å². The normalized spacial score (nSPS) is 7.39. The van der Waals surface area contributed by atoms with Gasteiger partial charge in [0.15, 0.2) is 0 Å². The second kappa shape index (κ2) is 14.9. The fourth-order valence-corrected chi connectivity index (χ4v) is 0.810. The maximum absolute atomic E-state index is 9.11. The molecule has 0 aliphatic carbocycles. The van der Waals surface area contributed by atoms with Gasteiger partial charge in [-0.2, -0.15) is 0 Å². The number of phenolic OH excluding ortho intramolecular Hbond substituents is 1. The average Bonchev–Trinajstić information content (AvgIpc) is 2.16. The van der Waals surface area contributed by atoms with Crippen molar-refractivity contribution in [3.63, 3.8) is 0 Å². The first kappa shape index (κ1) is 23.0. The molecule has 1 aromatic carbocycles. The summed E-state index contributed by atoms with van der Waals surface area (Å²) in [4.78, 5) is 0. The Morgan fingerprint density at radius 3 is 1.72 bits per heavy atom. The van der Waals surface area contributed by atoms with E-state index in [4.69, 9.17) is 5.11 Å². The van der Waals surface area contributed by atoms with Gasteiger partial charge >= 0.3 is 19.5 Å². The minimum Gasteiger partial charge on any atom is -0.508 e. The summed E-state index contributed by atoms with van der Waals surface area (Å²) in [6.07, 6.45) is 0.896. The molecule has 0 aliphatic heterocycles. The second-order valence-corrected chi connectivity index (χ2v) is 4.90. The van der Waals surface area contributed by atoms with Gasteiger partial charge < -0.3 is 66.3 Å². The van der Waals surface area contributed by atoms with Crippen molar-refractivity contribution in [2.45, 2.75) is 13.3 Å².